The summed E-state index contributed by atoms with van der Waals surface area (Å²) in [7, 11) is 1.63. The molecule has 1 atom stereocenters. The predicted molar refractivity (Wildman–Crippen MR) is 102 cm³/mol. The van der Waals surface area contributed by atoms with Gasteiger partial charge in [0.1, 0.15) is 12.3 Å². The molecule has 0 fully saturated rings. The summed E-state index contributed by atoms with van der Waals surface area (Å²) in [4.78, 5) is 25.8. The van der Waals surface area contributed by atoms with Crippen molar-refractivity contribution in [2.45, 2.75) is 26.3 Å². The summed E-state index contributed by atoms with van der Waals surface area (Å²) in [6, 6.07) is 17.3. The van der Waals surface area contributed by atoms with E-state index < -0.39 is 0 Å². The Morgan fingerprint density at radius 1 is 1.08 bits per heavy atom. The van der Waals surface area contributed by atoms with Gasteiger partial charge in [-0.3, -0.25) is 9.59 Å². The van der Waals surface area contributed by atoms with Crippen molar-refractivity contribution >= 4 is 11.8 Å². The number of hydrogen-bond acceptors (Lipinski definition) is 3. The molecule has 0 aliphatic heterocycles. The molecule has 5 heteroatoms. The molecule has 0 aromatic heterocycles. The molecule has 0 spiro atoms. The average Bonchev–Trinajstić information content (AvgIpc) is 2.66. The fraction of sp³-hybridized carbons (Fsp3) is 0.333. The lowest BCUT2D eigenvalue weighted by Crippen LogP contribution is -2.41. The molecule has 0 bridgehead atoms. The van der Waals surface area contributed by atoms with Gasteiger partial charge in [-0.25, -0.2) is 0 Å². The third kappa shape index (κ3) is 5.62. The molecule has 2 aromatic carbocycles. The Labute approximate surface area is 155 Å². The van der Waals surface area contributed by atoms with Gasteiger partial charge in [0.05, 0.1) is 13.2 Å². The summed E-state index contributed by atoms with van der Waals surface area (Å²) in [6.45, 7) is 4.00. The van der Waals surface area contributed by atoms with E-state index in [1.807, 2.05) is 61.5 Å². The number of ether oxygens (including phenoxy) is 1. The van der Waals surface area contributed by atoms with Crippen LogP contribution in [0.2, 0.25) is 0 Å². The highest BCUT2D eigenvalue weighted by atomic mass is 16.5. The zero-order valence-corrected chi connectivity index (χ0v) is 15.6. The number of nitrogens with zero attached hydrogens (tertiary/aromatic N) is 1. The van der Waals surface area contributed by atoms with Gasteiger partial charge >= 0.3 is 0 Å². The second-order valence-corrected chi connectivity index (χ2v) is 6.18. The number of benzene rings is 2. The van der Waals surface area contributed by atoms with E-state index in [0.717, 1.165) is 23.3 Å². The van der Waals surface area contributed by atoms with Crippen molar-refractivity contribution in [2.75, 3.05) is 20.2 Å². The lowest BCUT2D eigenvalue weighted by Gasteiger charge is -2.28. The Bertz CT molecular complexity index is 714. The molecule has 1 unspecified atom stereocenters. The Hall–Kier alpha value is -2.82. The first kappa shape index (κ1) is 19.5. The van der Waals surface area contributed by atoms with E-state index in [2.05, 4.69) is 5.32 Å². The van der Waals surface area contributed by atoms with Crippen molar-refractivity contribution < 1.29 is 14.3 Å². The van der Waals surface area contributed by atoms with Crippen LogP contribution in [0.5, 0.6) is 5.75 Å². The van der Waals surface area contributed by atoms with Crippen LogP contribution in [0.25, 0.3) is 0 Å². The van der Waals surface area contributed by atoms with E-state index in [4.69, 9.17) is 4.74 Å². The van der Waals surface area contributed by atoms with Crippen LogP contribution in [0.1, 0.15) is 31.0 Å². The molecule has 0 aliphatic carbocycles. The van der Waals surface area contributed by atoms with E-state index in [1.165, 1.54) is 6.92 Å². The molecule has 0 saturated carbocycles. The van der Waals surface area contributed by atoms with Crippen molar-refractivity contribution in [3.63, 3.8) is 0 Å². The molecular formula is C21H26N2O3. The SMILES string of the molecule is COc1ccc(CCNC(=O)CN(C(C)=O)C(C)c2ccccc2)cc1. The van der Waals surface area contributed by atoms with Crippen LogP contribution in [-0.2, 0) is 16.0 Å². The molecule has 0 radical (unpaired) electrons. The van der Waals surface area contributed by atoms with Crippen molar-refractivity contribution in [1.29, 1.82) is 0 Å². The van der Waals surface area contributed by atoms with Crippen molar-refractivity contribution in [2.24, 2.45) is 0 Å². The van der Waals surface area contributed by atoms with Crippen LogP contribution in [-0.4, -0.2) is 36.9 Å². The van der Waals surface area contributed by atoms with E-state index >= 15 is 0 Å². The van der Waals surface area contributed by atoms with Gasteiger partial charge in [-0.2, -0.15) is 0 Å². The first-order valence-corrected chi connectivity index (χ1v) is 8.73. The second kappa shape index (κ2) is 9.61. The fourth-order valence-corrected chi connectivity index (χ4v) is 2.78. The zero-order chi connectivity index (χ0) is 18.9. The number of nitrogens with one attached hydrogen (secondary N) is 1. The maximum Gasteiger partial charge on any atom is 0.239 e. The second-order valence-electron chi connectivity index (χ2n) is 6.18. The Kier molecular flexibility index (Phi) is 7.21. The molecule has 0 heterocycles. The van der Waals surface area contributed by atoms with Gasteiger partial charge in [0.25, 0.3) is 0 Å². The molecule has 0 aliphatic rings. The first-order chi connectivity index (χ1) is 12.5. The summed E-state index contributed by atoms with van der Waals surface area (Å²) in [5, 5.41) is 2.89. The molecule has 2 rings (SSSR count). The predicted octanol–water partition coefficient (Wildman–Crippen LogP) is 2.96. The monoisotopic (exact) mass is 354 g/mol. The number of rotatable bonds is 8. The van der Waals surface area contributed by atoms with Crippen LogP contribution < -0.4 is 10.1 Å². The standard InChI is InChI=1S/C21H26N2O3/c1-16(19-7-5-4-6-8-19)23(17(2)24)15-21(25)22-14-13-18-9-11-20(26-3)12-10-18/h4-12,16H,13-15H2,1-3H3,(H,22,25). The average molecular weight is 354 g/mol. The molecule has 138 valence electrons. The Morgan fingerprint density at radius 3 is 2.31 bits per heavy atom. The van der Waals surface area contributed by atoms with E-state index in [-0.39, 0.29) is 24.4 Å². The quantitative estimate of drug-likeness (QED) is 0.793. The largest absolute Gasteiger partial charge is 0.497 e. The molecule has 26 heavy (non-hydrogen) atoms. The van der Waals surface area contributed by atoms with Crippen LogP contribution in [0, 0.1) is 0 Å². The van der Waals surface area contributed by atoms with Gasteiger partial charge < -0.3 is 15.0 Å². The first-order valence-electron chi connectivity index (χ1n) is 8.73. The number of hydrogen-bond donors (Lipinski definition) is 1. The molecule has 2 amide bonds. The minimum absolute atomic E-state index is 0.0496. The lowest BCUT2D eigenvalue weighted by molar-refractivity contribution is -0.136. The van der Waals surface area contributed by atoms with E-state index in [0.29, 0.717) is 6.54 Å². The van der Waals surface area contributed by atoms with E-state index in [9.17, 15) is 9.59 Å². The Balaban J connectivity index is 1.86. The highest BCUT2D eigenvalue weighted by Crippen LogP contribution is 2.19. The minimum Gasteiger partial charge on any atom is -0.497 e. The maximum atomic E-state index is 12.3. The van der Waals surface area contributed by atoms with Gasteiger partial charge in [0, 0.05) is 13.5 Å². The summed E-state index contributed by atoms with van der Waals surface area (Å²) < 4.78 is 5.13. The van der Waals surface area contributed by atoms with Gasteiger partial charge in [0.15, 0.2) is 0 Å². The van der Waals surface area contributed by atoms with Crippen molar-refractivity contribution in [3.05, 3.63) is 65.7 Å². The lowest BCUT2D eigenvalue weighted by atomic mass is 10.1. The van der Waals surface area contributed by atoms with Gasteiger partial charge in [-0.05, 0) is 36.6 Å². The third-order valence-corrected chi connectivity index (χ3v) is 4.36. The van der Waals surface area contributed by atoms with E-state index in [1.54, 1.807) is 12.0 Å². The number of methoxy groups -OCH3 is 1. The minimum atomic E-state index is -0.156. The van der Waals surface area contributed by atoms with Crippen LogP contribution in [0.15, 0.2) is 54.6 Å². The fourth-order valence-electron chi connectivity index (χ4n) is 2.78. The van der Waals surface area contributed by atoms with Crippen molar-refractivity contribution in [1.82, 2.24) is 10.2 Å². The summed E-state index contributed by atoms with van der Waals surface area (Å²) >= 11 is 0. The van der Waals surface area contributed by atoms with Crippen LogP contribution in [0.3, 0.4) is 0 Å². The van der Waals surface area contributed by atoms with Gasteiger partial charge in [-0.15, -0.1) is 0 Å². The van der Waals surface area contributed by atoms with Gasteiger partial charge in [-0.1, -0.05) is 42.5 Å². The summed E-state index contributed by atoms with van der Waals surface area (Å²) in [6.07, 6.45) is 0.726. The van der Waals surface area contributed by atoms with Crippen molar-refractivity contribution in [3.8, 4) is 5.75 Å². The highest BCUT2D eigenvalue weighted by Gasteiger charge is 2.20. The normalized spacial score (nSPS) is 11.5. The van der Waals surface area contributed by atoms with Gasteiger partial charge in [0.2, 0.25) is 11.8 Å². The topological polar surface area (TPSA) is 58.6 Å². The number of amides is 2. The van der Waals surface area contributed by atoms with Crippen LogP contribution in [0.4, 0.5) is 0 Å². The Morgan fingerprint density at radius 2 is 1.73 bits per heavy atom. The number of carbonyl (C=O) groups excluding carboxylic acids is 2. The number of carbonyl (C=O) groups is 2. The summed E-state index contributed by atoms with van der Waals surface area (Å²) in [5.41, 5.74) is 2.13. The third-order valence-electron chi connectivity index (χ3n) is 4.36. The molecule has 1 N–H and O–H groups in total. The van der Waals surface area contributed by atoms with Crippen LogP contribution >= 0.6 is 0 Å². The molecule has 0 saturated heterocycles. The highest BCUT2D eigenvalue weighted by molar-refractivity contribution is 5.84. The molecule has 2 aromatic rings. The molecular weight excluding hydrogens is 328 g/mol. The zero-order valence-electron chi connectivity index (χ0n) is 15.6. The summed E-state index contributed by atoms with van der Waals surface area (Å²) in [5.74, 6) is 0.535. The maximum absolute atomic E-state index is 12.3. The smallest absolute Gasteiger partial charge is 0.239 e. The molecule has 5 nitrogen and oxygen atoms in total.